The largest absolute Gasteiger partial charge is 0.354 e. The number of halogens is 1. The van der Waals surface area contributed by atoms with Crippen LogP contribution in [0.3, 0.4) is 0 Å². The highest BCUT2D eigenvalue weighted by atomic mass is 19.1. The molecule has 3 rings (SSSR count). The number of hydrogen-bond acceptors (Lipinski definition) is 5. The molecule has 0 aliphatic carbocycles. The molecular formula is C19H20FN5O4. The van der Waals surface area contributed by atoms with Crippen LogP contribution in [0.4, 0.5) is 9.18 Å². The Kier molecular flexibility index (Phi) is 6.32. The van der Waals surface area contributed by atoms with Gasteiger partial charge in [0, 0.05) is 44.1 Å². The van der Waals surface area contributed by atoms with Gasteiger partial charge < -0.3 is 10.2 Å². The molecule has 0 saturated carbocycles. The maximum absolute atomic E-state index is 13.1. The topological polar surface area (TPSA) is 113 Å². The Labute approximate surface area is 165 Å². The van der Waals surface area contributed by atoms with E-state index in [-0.39, 0.29) is 62.2 Å². The second kappa shape index (κ2) is 9.09. The van der Waals surface area contributed by atoms with Gasteiger partial charge in [0.25, 0.3) is 5.56 Å². The summed E-state index contributed by atoms with van der Waals surface area (Å²) in [7, 11) is 0. The molecule has 1 aliphatic rings. The number of nitrogens with zero attached hydrogens (tertiary/aromatic N) is 3. The van der Waals surface area contributed by atoms with Crippen LogP contribution >= 0.6 is 0 Å². The van der Waals surface area contributed by atoms with Crippen LogP contribution in [0.15, 0.2) is 41.2 Å². The first-order valence-electron chi connectivity index (χ1n) is 9.12. The number of urea groups is 1. The molecule has 2 N–H and O–H groups in total. The molecule has 0 atom stereocenters. The molecule has 0 bridgehead atoms. The maximum atomic E-state index is 13.1. The van der Waals surface area contributed by atoms with Crippen molar-refractivity contribution in [1.29, 1.82) is 0 Å². The molecular weight excluding hydrogens is 381 g/mol. The summed E-state index contributed by atoms with van der Waals surface area (Å²) in [5.74, 6) is -0.965. The summed E-state index contributed by atoms with van der Waals surface area (Å²) in [5.41, 5.74) is 0.865. The van der Waals surface area contributed by atoms with Gasteiger partial charge in [0.2, 0.25) is 11.8 Å². The van der Waals surface area contributed by atoms with Gasteiger partial charge in [-0.3, -0.25) is 19.7 Å². The number of benzene rings is 1. The van der Waals surface area contributed by atoms with Gasteiger partial charge in [-0.05, 0) is 30.3 Å². The average molecular weight is 401 g/mol. The fraction of sp³-hybridized carbons (Fsp3) is 0.316. The van der Waals surface area contributed by atoms with Crippen LogP contribution in [0.1, 0.15) is 12.8 Å². The van der Waals surface area contributed by atoms with Crippen molar-refractivity contribution in [2.24, 2.45) is 0 Å². The zero-order valence-corrected chi connectivity index (χ0v) is 15.6. The number of carbonyl (C=O) groups is 3. The third-order valence-electron chi connectivity index (χ3n) is 4.40. The molecule has 4 amide bonds. The summed E-state index contributed by atoms with van der Waals surface area (Å²) in [5, 5.41) is 9.11. The minimum atomic E-state index is -0.498. The van der Waals surface area contributed by atoms with Crippen molar-refractivity contribution in [3.63, 3.8) is 0 Å². The zero-order chi connectivity index (χ0) is 20.8. The van der Waals surface area contributed by atoms with Crippen molar-refractivity contribution in [2.45, 2.75) is 19.4 Å². The lowest BCUT2D eigenvalue weighted by Gasteiger charge is -2.26. The molecule has 10 heteroatoms. The predicted octanol–water partition coefficient (Wildman–Crippen LogP) is 0.498. The van der Waals surface area contributed by atoms with Gasteiger partial charge in [-0.15, -0.1) is 0 Å². The van der Waals surface area contributed by atoms with Crippen LogP contribution in [0.5, 0.6) is 0 Å². The first kappa shape index (κ1) is 20.2. The number of nitrogens with one attached hydrogen (secondary N) is 2. The molecule has 1 aromatic carbocycles. The van der Waals surface area contributed by atoms with Crippen LogP contribution in [-0.2, 0) is 16.1 Å². The van der Waals surface area contributed by atoms with Crippen LogP contribution < -0.4 is 16.2 Å². The first-order valence-corrected chi connectivity index (χ1v) is 9.12. The fourth-order valence-corrected chi connectivity index (χ4v) is 2.82. The van der Waals surface area contributed by atoms with Crippen molar-refractivity contribution >= 4 is 17.8 Å². The smallest absolute Gasteiger partial charge is 0.324 e. The summed E-state index contributed by atoms with van der Waals surface area (Å²) in [6, 6.07) is 8.18. The summed E-state index contributed by atoms with van der Waals surface area (Å²) in [4.78, 5) is 48.1. The number of amides is 4. The highest BCUT2D eigenvalue weighted by Crippen LogP contribution is 2.15. The van der Waals surface area contributed by atoms with E-state index in [9.17, 15) is 23.6 Å². The summed E-state index contributed by atoms with van der Waals surface area (Å²) in [6.45, 7) is 0.832. The monoisotopic (exact) mass is 401 g/mol. The van der Waals surface area contributed by atoms with E-state index in [4.69, 9.17) is 0 Å². The lowest BCUT2D eigenvalue weighted by atomic mass is 10.1. The number of carbonyl (C=O) groups excluding carboxylic acids is 3. The molecule has 2 heterocycles. The van der Waals surface area contributed by atoms with Gasteiger partial charge in [0.15, 0.2) is 0 Å². The van der Waals surface area contributed by atoms with E-state index in [1.54, 1.807) is 18.2 Å². The van der Waals surface area contributed by atoms with Crippen molar-refractivity contribution in [1.82, 2.24) is 25.3 Å². The van der Waals surface area contributed by atoms with Crippen LogP contribution in [0, 0.1) is 5.82 Å². The zero-order valence-electron chi connectivity index (χ0n) is 15.6. The molecule has 1 fully saturated rings. The van der Waals surface area contributed by atoms with E-state index in [0.29, 0.717) is 11.3 Å². The van der Waals surface area contributed by atoms with E-state index >= 15 is 0 Å². The Bertz CT molecular complexity index is 973. The summed E-state index contributed by atoms with van der Waals surface area (Å²) in [6.07, 6.45) is 0.298. The predicted molar refractivity (Wildman–Crippen MR) is 101 cm³/mol. The Morgan fingerprint density at radius 2 is 1.86 bits per heavy atom. The Balaban J connectivity index is 1.49. The highest BCUT2D eigenvalue weighted by molar-refractivity contribution is 5.96. The van der Waals surface area contributed by atoms with Gasteiger partial charge in [0.05, 0.1) is 12.2 Å². The Hall–Kier alpha value is -3.56. The van der Waals surface area contributed by atoms with Crippen molar-refractivity contribution in [2.75, 3.05) is 19.6 Å². The number of hydrogen-bond donors (Lipinski definition) is 2. The minimum Gasteiger partial charge on any atom is -0.354 e. The first-order chi connectivity index (χ1) is 13.9. The summed E-state index contributed by atoms with van der Waals surface area (Å²) >= 11 is 0. The number of aromatic nitrogens is 2. The third kappa shape index (κ3) is 5.47. The number of rotatable bonds is 7. The molecule has 152 valence electrons. The standard InChI is InChI=1S/C19H20FN5O4/c20-14-3-1-13(2-4-14)15-5-6-18(28)25(23-15)12-9-21-16(26)7-10-24-11-8-17(27)22-19(24)29/h1-6H,7-12H2,(H,21,26)(H,22,27,29). The Morgan fingerprint density at radius 3 is 2.59 bits per heavy atom. The number of imide groups is 1. The molecule has 29 heavy (non-hydrogen) atoms. The SMILES string of the molecule is O=C(CCN1CCC(=O)NC1=O)NCCn1nc(-c2ccc(F)cc2)ccc1=O. The van der Waals surface area contributed by atoms with Crippen LogP contribution in [-0.4, -0.2) is 52.2 Å². The lowest BCUT2D eigenvalue weighted by molar-refractivity contribution is -0.121. The van der Waals surface area contributed by atoms with Crippen molar-refractivity contribution in [3.8, 4) is 11.3 Å². The van der Waals surface area contributed by atoms with Gasteiger partial charge >= 0.3 is 6.03 Å². The fourth-order valence-electron chi connectivity index (χ4n) is 2.82. The van der Waals surface area contributed by atoms with E-state index in [0.717, 1.165) is 0 Å². The van der Waals surface area contributed by atoms with Crippen LogP contribution in [0.25, 0.3) is 11.3 Å². The second-order valence-corrected chi connectivity index (χ2v) is 6.48. The van der Waals surface area contributed by atoms with Crippen molar-refractivity contribution in [3.05, 3.63) is 52.6 Å². The van der Waals surface area contributed by atoms with E-state index < -0.39 is 6.03 Å². The molecule has 0 radical (unpaired) electrons. The normalized spacial score (nSPS) is 13.9. The summed E-state index contributed by atoms with van der Waals surface area (Å²) < 4.78 is 14.3. The van der Waals surface area contributed by atoms with E-state index in [1.165, 1.54) is 27.8 Å². The maximum Gasteiger partial charge on any atom is 0.324 e. The average Bonchev–Trinajstić information content (AvgIpc) is 2.69. The van der Waals surface area contributed by atoms with E-state index in [2.05, 4.69) is 15.7 Å². The quantitative estimate of drug-likeness (QED) is 0.701. The van der Waals surface area contributed by atoms with Gasteiger partial charge in [0.1, 0.15) is 5.82 Å². The molecule has 1 aliphatic heterocycles. The van der Waals surface area contributed by atoms with Crippen molar-refractivity contribution < 1.29 is 18.8 Å². The van der Waals surface area contributed by atoms with Gasteiger partial charge in [-0.25, -0.2) is 13.9 Å². The van der Waals surface area contributed by atoms with Gasteiger partial charge in [-0.2, -0.15) is 5.10 Å². The van der Waals surface area contributed by atoms with E-state index in [1.807, 2.05) is 0 Å². The molecule has 0 spiro atoms. The molecule has 2 aromatic rings. The van der Waals surface area contributed by atoms with Gasteiger partial charge in [-0.1, -0.05) is 0 Å². The molecule has 1 aromatic heterocycles. The van der Waals surface area contributed by atoms with Crippen LogP contribution in [0.2, 0.25) is 0 Å². The highest BCUT2D eigenvalue weighted by Gasteiger charge is 2.22. The minimum absolute atomic E-state index is 0.0829. The third-order valence-corrected chi connectivity index (χ3v) is 4.40. The lowest BCUT2D eigenvalue weighted by Crippen LogP contribution is -2.50. The second-order valence-electron chi connectivity index (χ2n) is 6.48. The molecule has 1 saturated heterocycles. The molecule has 0 unspecified atom stereocenters. The Morgan fingerprint density at radius 1 is 1.10 bits per heavy atom. The molecule has 9 nitrogen and oxygen atoms in total.